The van der Waals surface area contributed by atoms with Gasteiger partial charge in [-0.15, -0.1) is 0 Å². The van der Waals surface area contributed by atoms with E-state index in [0.29, 0.717) is 0 Å². The number of rotatable bonds is 4. The van der Waals surface area contributed by atoms with Crippen molar-refractivity contribution < 1.29 is 22.3 Å². The van der Waals surface area contributed by atoms with Crippen LogP contribution in [0.5, 0.6) is 0 Å². The first-order valence-corrected chi connectivity index (χ1v) is 4.78. The molecule has 0 aliphatic rings. The van der Waals surface area contributed by atoms with E-state index >= 15 is 0 Å². The summed E-state index contributed by atoms with van der Waals surface area (Å²) in [4.78, 5) is 0. The van der Waals surface area contributed by atoms with Crippen LogP contribution in [-0.2, 0) is 11.2 Å². The topological polar surface area (TPSA) is 9.23 Å². The van der Waals surface area contributed by atoms with Gasteiger partial charge in [-0.05, 0) is 24.5 Å². The van der Waals surface area contributed by atoms with E-state index in [1.165, 1.54) is 18.2 Å². The third kappa shape index (κ3) is 3.48. The molecule has 0 aromatic heterocycles. The van der Waals surface area contributed by atoms with Gasteiger partial charge in [-0.2, -0.15) is 13.2 Å². The van der Waals surface area contributed by atoms with E-state index in [1.54, 1.807) is 6.07 Å². The maximum atomic E-state index is 13.1. The summed E-state index contributed by atoms with van der Waals surface area (Å²) in [6.45, 7) is 0. The zero-order valence-electron chi connectivity index (χ0n) is 8.72. The molecule has 0 radical (unpaired) electrons. The number of ether oxygens (including phenoxy) is 1. The molecule has 0 heterocycles. The van der Waals surface area contributed by atoms with Crippen molar-refractivity contribution in [1.29, 1.82) is 0 Å². The van der Waals surface area contributed by atoms with Gasteiger partial charge in [0.25, 0.3) is 0 Å². The fourth-order valence-electron chi connectivity index (χ4n) is 1.40. The molecule has 0 bridgehead atoms. The molecule has 0 aliphatic heterocycles. The van der Waals surface area contributed by atoms with E-state index in [0.717, 1.165) is 7.11 Å². The maximum Gasteiger partial charge on any atom is 0.414 e. The molecule has 0 spiro atoms. The van der Waals surface area contributed by atoms with Crippen molar-refractivity contribution in [3.63, 3.8) is 0 Å². The van der Waals surface area contributed by atoms with Crippen molar-refractivity contribution >= 4 is 0 Å². The Morgan fingerprint density at radius 1 is 1.25 bits per heavy atom. The highest BCUT2D eigenvalue weighted by molar-refractivity contribution is 5.17. The molecular weight excluding hydrogens is 224 g/mol. The molecule has 1 atom stereocenters. The zero-order valence-corrected chi connectivity index (χ0v) is 8.72. The first-order valence-electron chi connectivity index (χ1n) is 4.78. The Morgan fingerprint density at radius 2 is 1.88 bits per heavy atom. The highest BCUT2D eigenvalue weighted by atomic mass is 19.4. The van der Waals surface area contributed by atoms with Gasteiger partial charge in [0.05, 0.1) is 0 Å². The Balaban J connectivity index is 2.60. The number of benzene rings is 1. The fourth-order valence-corrected chi connectivity index (χ4v) is 1.40. The van der Waals surface area contributed by atoms with E-state index in [1.807, 2.05) is 0 Å². The molecule has 1 aromatic carbocycles. The summed E-state index contributed by atoms with van der Waals surface area (Å²) in [5.41, 5.74) is 0.272. The molecule has 1 unspecified atom stereocenters. The van der Waals surface area contributed by atoms with Gasteiger partial charge in [0.2, 0.25) is 0 Å². The van der Waals surface area contributed by atoms with Gasteiger partial charge >= 0.3 is 6.18 Å². The second kappa shape index (κ2) is 5.30. The molecule has 1 aromatic rings. The first kappa shape index (κ1) is 13.0. The van der Waals surface area contributed by atoms with Crippen LogP contribution in [0.25, 0.3) is 0 Å². The van der Waals surface area contributed by atoms with Gasteiger partial charge in [-0.1, -0.05) is 18.2 Å². The summed E-state index contributed by atoms with van der Waals surface area (Å²) in [5.74, 6) is -0.487. The van der Waals surface area contributed by atoms with Crippen LogP contribution in [0.1, 0.15) is 12.0 Å². The summed E-state index contributed by atoms with van der Waals surface area (Å²) in [7, 11) is 1.000. The summed E-state index contributed by atoms with van der Waals surface area (Å²) in [6, 6.07) is 5.79. The minimum absolute atomic E-state index is 0.00465. The van der Waals surface area contributed by atoms with Crippen LogP contribution < -0.4 is 0 Å². The third-order valence-corrected chi connectivity index (χ3v) is 2.28. The quantitative estimate of drug-likeness (QED) is 0.728. The van der Waals surface area contributed by atoms with Gasteiger partial charge in [0, 0.05) is 7.11 Å². The maximum absolute atomic E-state index is 13.1. The van der Waals surface area contributed by atoms with E-state index in [2.05, 4.69) is 4.74 Å². The van der Waals surface area contributed by atoms with Crippen LogP contribution in [0.3, 0.4) is 0 Å². The van der Waals surface area contributed by atoms with Crippen LogP contribution >= 0.6 is 0 Å². The van der Waals surface area contributed by atoms with Crippen LogP contribution in [-0.4, -0.2) is 19.4 Å². The van der Waals surface area contributed by atoms with E-state index in [4.69, 9.17) is 0 Å². The average Bonchev–Trinajstić information content (AvgIpc) is 2.19. The summed E-state index contributed by atoms with van der Waals surface area (Å²) >= 11 is 0. The normalized spacial score (nSPS) is 13.8. The number of aryl methyl sites for hydroxylation is 1. The molecule has 0 aliphatic carbocycles. The first-order chi connectivity index (χ1) is 7.45. The molecule has 0 amide bonds. The number of hydrogen-bond donors (Lipinski definition) is 0. The molecular formula is C11H12F4O. The minimum Gasteiger partial charge on any atom is -0.372 e. The van der Waals surface area contributed by atoms with Crippen molar-refractivity contribution in [2.24, 2.45) is 0 Å². The number of halogens is 4. The lowest BCUT2D eigenvalue weighted by Crippen LogP contribution is -2.31. The lowest BCUT2D eigenvalue weighted by molar-refractivity contribution is -0.214. The highest BCUT2D eigenvalue weighted by Gasteiger charge is 2.39. The monoisotopic (exact) mass is 236 g/mol. The van der Waals surface area contributed by atoms with Crippen molar-refractivity contribution in [3.05, 3.63) is 35.6 Å². The van der Waals surface area contributed by atoms with Crippen molar-refractivity contribution in [3.8, 4) is 0 Å². The second-order valence-electron chi connectivity index (χ2n) is 3.40. The Morgan fingerprint density at radius 3 is 2.38 bits per heavy atom. The second-order valence-corrected chi connectivity index (χ2v) is 3.40. The van der Waals surface area contributed by atoms with Gasteiger partial charge in [-0.3, -0.25) is 0 Å². The van der Waals surface area contributed by atoms with Gasteiger partial charge < -0.3 is 4.74 Å². The van der Waals surface area contributed by atoms with E-state index in [9.17, 15) is 17.6 Å². The third-order valence-electron chi connectivity index (χ3n) is 2.28. The van der Waals surface area contributed by atoms with Crippen LogP contribution in [0.15, 0.2) is 24.3 Å². The highest BCUT2D eigenvalue weighted by Crippen LogP contribution is 2.26. The van der Waals surface area contributed by atoms with Gasteiger partial charge in [0.15, 0.2) is 6.10 Å². The summed E-state index contributed by atoms with van der Waals surface area (Å²) in [5, 5.41) is 0. The fraction of sp³-hybridized carbons (Fsp3) is 0.455. The van der Waals surface area contributed by atoms with Crippen LogP contribution in [0, 0.1) is 5.82 Å². The van der Waals surface area contributed by atoms with Crippen LogP contribution in [0.4, 0.5) is 17.6 Å². The molecule has 0 saturated carbocycles. The summed E-state index contributed by atoms with van der Waals surface area (Å²) in [6.07, 6.45) is -6.52. The van der Waals surface area contributed by atoms with Crippen LogP contribution in [0.2, 0.25) is 0 Å². The average molecular weight is 236 g/mol. The largest absolute Gasteiger partial charge is 0.414 e. The molecule has 1 nitrogen and oxygen atoms in total. The lowest BCUT2D eigenvalue weighted by atomic mass is 10.1. The molecule has 1 rings (SSSR count). The predicted molar refractivity (Wildman–Crippen MR) is 51.6 cm³/mol. The Kier molecular flexibility index (Phi) is 4.29. The lowest BCUT2D eigenvalue weighted by Gasteiger charge is -2.18. The number of methoxy groups -OCH3 is 1. The van der Waals surface area contributed by atoms with E-state index < -0.39 is 18.1 Å². The summed E-state index contributed by atoms with van der Waals surface area (Å²) < 4.78 is 54.4. The molecule has 0 fully saturated rings. The molecule has 90 valence electrons. The van der Waals surface area contributed by atoms with Crippen molar-refractivity contribution in [1.82, 2.24) is 0 Å². The van der Waals surface area contributed by atoms with Crippen molar-refractivity contribution in [2.75, 3.05) is 7.11 Å². The zero-order chi connectivity index (χ0) is 12.2. The molecule has 16 heavy (non-hydrogen) atoms. The van der Waals surface area contributed by atoms with Crippen molar-refractivity contribution in [2.45, 2.75) is 25.1 Å². The smallest absolute Gasteiger partial charge is 0.372 e. The van der Waals surface area contributed by atoms with Gasteiger partial charge in [0.1, 0.15) is 5.82 Å². The molecule has 5 heteroatoms. The van der Waals surface area contributed by atoms with E-state index in [-0.39, 0.29) is 18.4 Å². The standard InChI is InChI=1S/C11H12F4O/c1-16-10(11(13,14)15)7-6-8-4-2-3-5-9(8)12/h2-5,10H,6-7H2,1H3. The number of alkyl halides is 3. The predicted octanol–water partition coefficient (Wildman–Crippen LogP) is 3.34. The van der Waals surface area contributed by atoms with Gasteiger partial charge in [-0.25, -0.2) is 4.39 Å². The Labute approximate surface area is 91.0 Å². The molecule has 0 saturated heterocycles. The number of hydrogen-bond acceptors (Lipinski definition) is 1. The Bertz CT molecular complexity index is 335. The SMILES string of the molecule is COC(CCc1ccccc1F)C(F)(F)F. The minimum atomic E-state index is -4.40. The molecule has 0 N–H and O–H groups in total. The Hall–Kier alpha value is -1.10.